The van der Waals surface area contributed by atoms with E-state index in [1.54, 1.807) is 18.2 Å². The van der Waals surface area contributed by atoms with Crippen LogP contribution in [0.25, 0.3) is 0 Å². The Morgan fingerprint density at radius 2 is 1.56 bits per heavy atom. The van der Waals surface area contributed by atoms with Gasteiger partial charge in [-0.25, -0.2) is 0 Å². The van der Waals surface area contributed by atoms with E-state index in [1.807, 2.05) is 19.0 Å². The fourth-order valence-electron chi connectivity index (χ4n) is 3.38. The van der Waals surface area contributed by atoms with Crippen LogP contribution in [0.2, 0.25) is 0 Å². The number of nitrogens with two attached hydrogens (primary N) is 2. The molecule has 2 heterocycles. The van der Waals surface area contributed by atoms with Crippen molar-refractivity contribution in [3.63, 3.8) is 0 Å². The van der Waals surface area contributed by atoms with Crippen LogP contribution in [0.15, 0.2) is 43.1 Å². The van der Waals surface area contributed by atoms with Gasteiger partial charge in [-0.05, 0) is 69.8 Å². The molecule has 1 aliphatic carbocycles. The van der Waals surface area contributed by atoms with Crippen LogP contribution in [0.1, 0.15) is 47.2 Å². The zero-order chi connectivity index (χ0) is 23.9. The number of nitrogen functional groups attached to an aromatic ring is 1. The van der Waals surface area contributed by atoms with E-state index in [4.69, 9.17) is 11.5 Å². The third kappa shape index (κ3) is 8.93. The number of anilines is 1. The molecule has 1 aromatic heterocycles. The first-order valence-corrected chi connectivity index (χ1v) is 11.0. The number of nitrogens with zero attached hydrogens (tertiary/aromatic N) is 3. The van der Waals surface area contributed by atoms with E-state index >= 15 is 0 Å². The van der Waals surface area contributed by atoms with E-state index in [0.717, 1.165) is 25.9 Å². The number of primary amides is 1. The standard InChI is InChI=1S/C10H12.C7H11NO.C5H8N4O.C2H7N/c1-2-6-10-8-4-3-7-9(10)5-1;1-2-7(9)8-5-3-4-6-8;1-9-4(6)3(2-8-9)5(7)10;1-3-2/h1-2,5-6H,3-4,7-8H2;2H,1,3-6H2;2H,6H2,1H3,(H2,7,10);3H,1-2H3. The van der Waals surface area contributed by atoms with Crippen molar-refractivity contribution in [1.82, 2.24) is 20.0 Å². The van der Waals surface area contributed by atoms with Crippen LogP contribution < -0.4 is 16.8 Å². The third-order valence-corrected chi connectivity index (χ3v) is 5.10. The predicted molar refractivity (Wildman–Crippen MR) is 130 cm³/mol. The third-order valence-electron chi connectivity index (χ3n) is 5.10. The number of amides is 2. The van der Waals surface area contributed by atoms with Gasteiger partial charge in [-0.2, -0.15) is 5.10 Å². The molecular formula is C24H38N6O2. The van der Waals surface area contributed by atoms with Crippen LogP contribution in [-0.2, 0) is 24.7 Å². The van der Waals surface area contributed by atoms with Gasteiger partial charge in [0, 0.05) is 20.1 Å². The number of hydrogen-bond acceptors (Lipinski definition) is 5. The van der Waals surface area contributed by atoms with Gasteiger partial charge in [-0.15, -0.1) is 0 Å². The van der Waals surface area contributed by atoms with E-state index in [0.29, 0.717) is 5.82 Å². The normalized spacial score (nSPS) is 13.8. The van der Waals surface area contributed by atoms with Gasteiger partial charge in [-0.3, -0.25) is 14.3 Å². The van der Waals surface area contributed by atoms with Gasteiger partial charge < -0.3 is 21.7 Å². The summed E-state index contributed by atoms with van der Waals surface area (Å²) < 4.78 is 1.39. The van der Waals surface area contributed by atoms with Gasteiger partial charge in [-0.1, -0.05) is 30.8 Å². The van der Waals surface area contributed by atoms with E-state index in [2.05, 4.69) is 41.3 Å². The lowest BCUT2D eigenvalue weighted by atomic mass is 9.92. The molecule has 2 aromatic rings. The molecule has 0 saturated carbocycles. The molecule has 1 aromatic carbocycles. The summed E-state index contributed by atoms with van der Waals surface area (Å²) in [4.78, 5) is 23.2. The molecule has 0 spiro atoms. The maximum atomic E-state index is 10.8. The predicted octanol–water partition coefficient (Wildman–Crippen LogP) is 2.30. The second-order valence-electron chi connectivity index (χ2n) is 7.64. The summed E-state index contributed by atoms with van der Waals surface area (Å²) >= 11 is 0. The Kier molecular flexibility index (Phi) is 12.4. The molecule has 0 atom stereocenters. The fourth-order valence-corrected chi connectivity index (χ4v) is 3.38. The van der Waals surface area contributed by atoms with E-state index < -0.39 is 5.91 Å². The summed E-state index contributed by atoms with van der Waals surface area (Å²) in [5, 5.41) is 6.48. The monoisotopic (exact) mass is 442 g/mol. The number of likely N-dealkylation sites (tertiary alicyclic amines) is 1. The van der Waals surface area contributed by atoms with Crippen LogP contribution in [-0.4, -0.2) is 53.7 Å². The van der Waals surface area contributed by atoms with Crippen LogP contribution in [0.5, 0.6) is 0 Å². The first-order chi connectivity index (χ1) is 15.3. The van der Waals surface area contributed by atoms with Crippen molar-refractivity contribution in [2.45, 2.75) is 38.5 Å². The number of nitrogens with one attached hydrogen (secondary N) is 1. The van der Waals surface area contributed by atoms with Crippen molar-refractivity contribution in [1.29, 1.82) is 0 Å². The summed E-state index contributed by atoms with van der Waals surface area (Å²) in [6.07, 6.45) is 10.4. The first-order valence-electron chi connectivity index (χ1n) is 11.0. The minimum atomic E-state index is -0.550. The summed E-state index contributed by atoms with van der Waals surface area (Å²) in [6.45, 7) is 5.26. The molecule has 8 heteroatoms. The summed E-state index contributed by atoms with van der Waals surface area (Å²) in [6, 6.07) is 8.80. The Hall–Kier alpha value is -3.13. The number of benzene rings is 1. The molecule has 2 aliphatic rings. The average molecular weight is 443 g/mol. The number of hydrogen-bond donors (Lipinski definition) is 3. The SMILES string of the molecule is C=CC(=O)N1CCCC1.CNC.Cn1ncc(C(N)=O)c1N.c1ccc2c(c1)CCCC2. The Labute approximate surface area is 191 Å². The van der Waals surface area contributed by atoms with Crippen LogP contribution >= 0.6 is 0 Å². The van der Waals surface area contributed by atoms with Crippen LogP contribution in [0.3, 0.4) is 0 Å². The molecular weight excluding hydrogens is 404 g/mol. The van der Waals surface area contributed by atoms with Crippen molar-refractivity contribution in [2.24, 2.45) is 12.8 Å². The summed E-state index contributed by atoms with van der Waals surface area (Å²) in [5.74, 6) is -0.175. The second-order valence-corrected chi connectivity index (χ2v) is 7.64. The lowest BCUT2D eigenvalue weighted by Gasteiger charge is -2.13. The molecule has 176 valence electrons. The number of carbonyl (C=O) groups is 2. The van der Waals surface area contributed by atoms with Gasteiger partial charge >= 0.3 is 0 Å². The molecule has 5 N–H and O–H groups in total. The highest BCUT2D eigenvalue weighted by molar-refractivity contribution is 5.96. The number of carbonyl (C=O) groups excluding carboxylic acids is 2. The highest BCUT2D eigenvalue weighted by atomic mass is 16.2. The molecule has 0 unspecified atom stereocenters. The van der Waals surface area contributed by atoms with E-state index in [-0.39, 0.29) is 11.5 Å². The average Bonchev–Trinajstić information content (AvgIpc) is 3.45. The van der Waals surface area contributed by atoms with Crippen molar-refractivity contribution in [3.05, 3.63) is 59.8 Å². The highest BCUT2D eigenvalue weighted by Crippen LogP contribution is 2.19. The van der Waals surface area contributed by atoms with Crippen molar-refractivity contribution < 1.29 is 9.59 Å². The molecule has 0 bridgehead atoms. The van der Waals surface area contributed by atoms with Crippen LogP contribution in [0.4, 0.5) is 5.82 Å². The van der Waals surface area contributed by atoms with Crippen LogP contribution in [0, 0.1) is 0 Å². The van der Waals surface area contributed by atoms with E-state index in [9.17, 15) is 9.59 Å². The molecule has 1 aliphatic heterocycles. The number of rotatable bonds is 2. The smallest absolute Gasteiger partial charge is 0.254 e. The zero-order valence-corrected chi connectivity index (χ0v) is 19.6. The molecule has 1 fully saturated rings. The van der Waals surface area contributed by atoms with Gasteiger partial charge in [0.1, 0.15) is 11.4 Å². The summed E-state index contributed by atoms with van der Waals surface area (Å²) in [5.41, 5.74) is 13.8. The quantitative estimate of drug-likeness (QED) is 0.617. The maximum Gasteiger partial charge on any atom is 0.254 e. The Morgan fingerprint density at radius 1 is 1.06 bits per heavy atom. The molecule has 32 heavy (non-hydrogen) atoms. The van der Waals surface area contributed by atoms with Crippen molar-refractivity contribution in [3.8, 4) is 0 Å². The topological polar surface area (TPSA) is 119 Å². The number of aromatic nitrogens is 2. The zero-order valence-electron chi connectivity index (χ0n) is 19.6. The van der Waals surface area contributed by atoms with Gasteiger partial charge in [0.2, 0.25) is 5.91 Å². The fraction of sp³-hybridized carbons (Fsp3) is 0.458. The van der Waals surface area contributed by atoms with Gasteiger partial charge in [0.25, 0.3) is 5.91 Å². The lowest BCUT2D eigenvalue weighted by Crippen LogP contribution is -2.25. The van der Waals surface area contributed by atoms with Crippen molar-refractivity contribution >= 4 is 17.6 Å². The maximum absolute atomic E-state index is 10.8. The largest absolute Gasteiger partial charge is 0.383 e. The number of aryl methyl sites for hydroxylation is 3. The van der Waals surface area contributed by atoms with Crippen molar-refractivity contribution in [2.75, 3.05) is 32.9 Å². The Balaban J connectivity index is 0.000000226. The Bertz CT molecular complexity index is 831. The first kappa shape index (κ1) is 26.9. The highest BCUT2D eigenvalue weighted by Gasteiger charge is 2.14. The minimum absolute atomic E-state index is 0.0764. The van der Waals surface area contributed by atoms with E-state index in [1.165, 1.54) is 42.6 Å². The minimum Gasteiger partial charge on any atom is -0.383 e. The van der Waals surface area contributed by atoms with Gasteiger partial charge in [0.15, 0.2) is 0 Å². The molecule has 0 radical (unpaired) electrons. The molecule has 2 amide bonds. The molecule has 1 saturated heterocycles. The second kappa shape index (κ2) is 14.8. The lowest BCUT2D eigenvalue weighted by molar-refractivity contribution is -0.124. The summed E-state index contributed by atoms with van der Waals surface area (Å²) in [7, 11) is 5.39. The molecule has 8 nitrogen and oxygen atoms in total. The Morgan fingerprint density at radius 3 is 1.91 bits per heavy atom. The molecule has 4 rings (SSSR count). The van der Waals surface area contributed by atoms with Gasteiger partial charge in [0.05, 0.1) is 6.20 Å². The number of fused-ring (bicyclic) bond motifs is 1.